The summed E-state index contributed by atoms with van der Waals surface area (Å²) in [6.45, 7) is 1.22. The quantitative estimate of drug-likeness (QED) is 0.564. The molecule has 0 radical (unpaired) electrons. The van der Waals surface area contributed by atoms with Gasteiger partial charge in [-0.1, -0.05) is 12.1 Å². The number of rotatable bonds is 8. The van der Waals surface area contributed by atoms with E-state index in [2.05, 4.69) is 4.98 Å². The highest BCUT2D eigenvalue weighted by Crippen LogP contribution is 2.33. The van der Waals surface area contributed by atoms with Gasteiger partial charge in [0.25, 0.3) is 5.91 Å². The van der Waals surface area contributed by atoms with Gasteiger partial charge in [-0.2, -0.15) is 23.7 Å². The molecule has 0 aliphatic carbocycles. The highest BCUT2D eigenvalue weighted by atomic mass is 32.1. The van der Waals surface area contributed by atoms with E-state index in [0.29, 0.717) is 16.3 Å². The van der Waals surface area contributed by atoms with Gasteiger partial charge in [0.15, 0.2) is 6.61 Å². The molecule has 0 saturated carbocycles. The van der Waals surface area contributed by atoms with Crippen LogP contribution in [0.4, 0.5) is 13.2 Å². The van der Waals surface area contributed by atoms with Crippen molar-refractivity contribution < 1.29 is 27.5 Å². The van der Waals surface area contributed by atoms with Crippen molar-refractivity contribution in [1.82, 2.24) is 9.88 Å². The molecular weight excluding hydrogens is 433 g/mol. The summed E-state index contributed by atoms with van der Waals surface area (Å²) >= 11 is 0.944. The topological polar surface area (TPSA) is 107 Å². The van der Waals surface area contributed by atoms with Gasteiger partial charge in [0.2, 0.25) is 0 Å². The first-order chi connectivity index (χ1) is 14.7. The molecular formula is C20H17F3N4O3S. The average Bonchev–Trinajstić information content (AvgIpc) is 3.13. The van der Waals surface area contributed by atoms with Crippen LogP contribution in [0.15, 0.2) is 24.3 Å². The zero-order chi connectivity index (χ0) is 23.0. The average molecular weight is 450 g/mol. The number of halogens is 3. The van der Waals surface area contributed by atoms with E-state index in [-0.39, 0.29) is 30.8 Å². The Kier molecular flexibility index (Phi) is 8.11. The van der Waals surface area contributed by atoms with Crippen molar-refractivity contribution in [3.63, 3.8) is 0 Å². The molecule has 2 aromatic rings. The number of alkyl halides is 3. The fraction of sp³-hybridized carbons (Fsp3) is 0.350. The second-order valence-corrected chi connectivity index (χ2v) is 7.28. The molecule has 1 heterocycles. The molecule has 31 heavy (non-hydrogen) atoms. The van der Waals surface area contributed by atoms with Crippen LogP contribution in [0.25, 0.3) is 10.6 Å². The van der Waals surface area contributed by atoms with E-state index in [1.165, 1.54) is 17.0 Å². The smallest absolute Gasteiger partial charge is 0.416 e. The van der Waals surface area contributed by atoms with Crippen LogP contribution >= 0.6 is 11.3 Å². The zero-order valence-electron chi connectivity index (χ0n) is 16.4. The summed E-state index contributed by atoms with van der Waals surface area (Å²) in [5.74, 6) is -1.33. The SMILES string of the molecule is Cc1nc(-c2ccc(C(F)(F)F)cc2)sc1C(=O)OCC(=O)N(CCC#N)CCC#N. The molecule has 11 heteroatoms. The predicted octanol–water partition coefficient (Wildman–Crippen LogP) is 3.95. The maximum absolute atomic E-state index is 12.7. The highest BCUT2D eigenvalue weighted by molar-refractivity contribution is 7.17. The number of benzene rings is 1. The minimum absolute atomic E-state index is 0.0789. The molecule has 162 valence electrons. The molecule has 0 aliphatic heterocycles. The lowest BCUT2D eigenvalue weighted by atomic mass is 10.1. The van der Waals surface area contributed by atoms with Crippen molar-refractivity contribution in [1.29, 1.82) is 10.5 Å². The molecule has 0 spiro atoms. The van der Waals surface area contributed by atoms with Gasteiger partial charge in [-0.25, -0.2) is 9.78 Å². The van der Waals surface area contributed by atoms with Gasteiger partial charge in [0.1, 0.15) is 9.88 Å². The van der Waals surface area contributed by atoms with Crippen LogP contribution in [0.3, 0.4) is 0 Å². The second kappa shape index (κ2) is 10.5. The van der Waals surface area contributed by atoms with Crippen molar-refractivity contribution >= 4 is 23.2 Å². The number of hydrogen-bond acceptors (Lipinski definition) is 7. The summed E-state index contributed by atoms with van der Waals surface area (Å²) in [5.41, 5.74) is -0.0569. The van der Waals surface area contributed by atoms with Crippen LogP contribution in [-0.4, -0.2) is 41.5 Å². The molecule has 0 unspecified atom stereocenters. The number of carbonyl (C=O) groups excluding carboxylic acids is 2. The Balaban J connectivity index is 2.06. The summed E-state index contributed by atoms with van der Waals surface area (Å²) in [5, 5.41) is 17.7. The number of nitriles is 2. The van der Waals surface area contributed by atoms with E-state index in [0.717, 1.165) is 23.5 Å². The first-order valence-electron chi connectivity index (χ1n) is 9.01. The number of ether oxygens (including phenoxy) is 1. The molecule has 0 bridgehead atoms. The molecule has 2 rings (SSSR count). The Hall–Kier alpha value is -3.44. The van der Waals surface area contributed by atoms with Gasteiger partial charge in [-0.05, 0) is 19.1 Å². The van der Waals surface area contributed by atoms with Gasteiger partial charge >= 0.3 is 12.1 Å². The van der Waals surface area contributed by atoms with E-state index < -0.39 is 30.2 Å². The van der Waals surface area contributed by atoms with Crippen molar-refractivity contribution in [3.8, 4) is 22.7 Å². The molecule has 7 nitrogen and oxygen atoms in total. The number of esters is 1. The second-order valence-electron chi connectivity index (χ2n) is 6.28. The van der Waals surface area contributed by atoms with Gasteiger partial charge in [-0.3, -0.25) is 4.79 Å². The lowest BCUT2D eigenvalue weighted by molar-refractivity contribution is -0.137. The Bertz CT molecular complexity index is 1000. The van der Waals surface area contributed by atoms with E-state index in [1.54, 1.807) is 6.92 Å². The minimum atomic E-state index is -4.45. The number of aryl methyl sites for hydroxylation is 1. The molecule has 1 aromatic heterocycles. The van der Waals surface area contributed by atoms with Crippen LogP contribution in [0.1, 0.15) is 33.8 Å². The standard InChI is InChI=1S/C20H17F3N4O3S/c1-13-17(19(29)30-12-16(28)27(10-2-8-24)11-3-9-25)31-18(26-13)14-4-6-15(7-5-14)20(21,22)23/h4-7H,2-3,10-12H2,1H3. The molecule has 1 aromatic carbocycles. The normalized spacial score (nSPS) is 10.8. The van der Waals surface area contributed by atoms with Crippen molar-refractivity contribution in [3.05, 3.63) is 40.4 Å². The van der Waals surface area contributed by atoms with Gasteiger partial charge in [-0.15, -0.1) is 11.3 Å². The third-order valence-corrected chi connectivity index (χ3v) is 5.29. The van der Waals surface area contributed by atoms with E-state index in [1.807, 2.05) is 12.1 Å². The van der Waals surface area contributed by atoms with Crippen LogP contribution in [-0.2, 0) is 15.7 Å². The fourth-order valence-corrected chi connectivity index (χ4v) is 3.49. The summed E-state index contributed by atoms with van der Waals surface area (Å²) in [6.07, 6.45) is -4.29. The minimum Gasteiger partial charge on any atom is -0.451 e. The number of amides is 1. The lowest BCUT2D eigenvalue weighted by Crippen LogP contribution is -2.36. The van der Waals surface area contributed by atoms with Gasteiger partial charge < -0.3 is 9.64 Å². The predicted molar refractivity (Wildman–Crippen MR) is 105 cm³/mol. The number of carbonyl (C=O) groups is 2. The van der Waals surface area contributed by atoms with Crippen LogP contribution < -0.4 is 0 Å². The summed E-state index contributed by atoms with van der Waals surface area (Å²) in [7, 11) is 0. The first kappa shape index (κ1) is 23.8. The van der Waals surface area contributed by atoms with E-state index >= 15 is 0 Å². The summed E-state index contributed by atoms with van der Waals surface area (Å²) < 4.78 is 43.2. The van der Waals surface area contributed by atoms with Gasteiger partial charge in [0, 0.05) is 18.7 Å². The molecule has 0 N–H and O–H groups in total. The summed E-state index contributed by atoms with van der Waals surface area (Å²) in [4.78, 5) is 30.2. The largest absolute Gasteiger partial charge is 0.451 e. The van der Waals surface area contributed by atoms with E-state index in [9.17, 15) is 22.8 Å². The molecule has 0 atom stereocenters. The number of aromatic nitrogens is 1. The fourth-order valence-electron chi connectivity index (χ4n) is 2.53. The monoisotopic (exact) mass is 450 g/mol. The Morgan fingerprint density at radius 1 is 1.13 bits per heavy atom. The van der Waals surface area contributed by atoms with Crippen LogP contribution in [0.2, 0.25) is 0 Å². The number of thiazole rings is 1. The number of hydrogen-bond donors (Lipinski definition) is 0. The van der Waals surface area contributed by atoms with Crippen molar-refractivity contribution in [2.75, 3.05) is 19.7 Å². The van der Waals surface area contributed by atoms with Gasteiger partial charge in [0.05, 0.1) is 36.2 Å². The molecule has 0 aliphatic rings. The molecule has 1 amide bonds. The van der Waals surface area contributed by atoms with Crippen LogP contribution in [0, 0.1) is 29.6 Å². The van der Waals surface area contributed by atoms with E-state index in [4.69, 9.17) is 15.3 Å². The Labute approximate surface area is 180 Å². The van der Waals surface area contributed by atoms with Crippen molar-refractivity contribution in [2.24, 2.45) is 0 Å². The maximum Gasteiger partial charge on any atom is 0.416 e. The maximum atomic E-state index is 12.7. The summed E-state index contributed by atoms with van der Waals surface area (Å²) in [6, 6.07) is 8.20. The zero-order valence-corrected chi connectivity index (χ0v) is 17.2. The Morgan fingerprint density at radius 2 is 1.71 bits per heavy atom. The van der Waals surface area contributed by atoms with Crippen LogP contribution in [0.5, 0.6) is 0 Å². The molecule has 0 saturated heterocycles. The van der Waals surface area contributed by atoms with Crippen molar-refractivity contribution in [2.45, 2.75) is 25.9 Å². The Morgan fingerprint density at radius 3 is 2.23 bits per heavy atom. The third-order valence-electron chi connectivity index (χ3n) is 4.11. The number of nitrogens with zero attached hydrogens (tertiary/aromatic N) is 4. The lowest BCUT2D eigenvalue weighted by Gasteiger charge is -2.19. The molecule has 0 fully saturated rings. The highest BCUT2D eigenvalue weighted by Gasteiger charge is 2.30. The third kappa shape index (κ3) is 6.52. The first-order valence-corrected chi connectivity index (χ1v) is 9.83.